The molecule has 0 bridgehead atoms. The van der Waals surface area contributed by atoms with Gasteiger partial charge in [-0.3, -0.25) is 0 Å². The average Bonchev–Trinajstić information content (AvgIpc) is 2.98. The maximum atomic E-state index is 5.14. The van der Waals surface area contributed by atoms with E-state index in [9.17, 15) is 0 Å². The van der Waals surface area contributed by atoms with E-state index in [0.717, 1.165) is 6.54 Å². The number of nitrogens with zero attached hydrogens (tertiary/aromatic N) is 2. The topological polar surface area (TPSA) is 47.0 Å². The molecule has 0 aliphatic rings. The van der Waals surface area contributed by atoms with Crippen LogP contribution in [0.25, 0.3) is 0 Å². The zero-order valence-electron chi connectivity index (χ0n) is 11.5. The number of aromatic nitrogens is 2. The first-order valence-electron chi connectivity index (χ1n) is 6.33. The number of pyridine rings is 1. The molecule has 0 unspecified atom stereocenters. The van der Waals surface area contributed by atoms with Crippen LogP contribution in [0.15, 0.2) is 29.9 Å². The van der Waals surface area contributed by atoms with Crippen molar-refractivity contribution in [1.82, 2.24) is 15.3 Å². The predicted octanol–water partition coefficient (Wildman–Crippen LogP) is 3.00. The lowest BCUT2D eigenvalue weighted by Gasteiger charge is -2.17. The van der Waals surface area contributed by atoms with E-state index in [4.69, 9.17) is 4.74 Å². The van der Waals surface area contributed by atoms with Gasteiger partial charge >= 0.3 is 0 Å². The largest absolute Gasteiger partial charge is 0.481 e. The van der Waals surface area contributed by atoms with Crippen LogP contribution in [0.1, 0.15) is 36.4 Å². The molecule has 0 amide bonds. The van der Waals surface area contributed by atoms with Gasteiger partial charge in [-0.2, -0.15) is 0 Å². The predicted molar refractivity (Wildman–Crippen MR) is 77.7 cm³/mol. The van der Waals surface area contributed by atoms with Crippen molar-refractivity contribution in [2.45, 2.75) is 25.8 Å². The second kappa shape index (κ2) is 6.63. The minimum absolute atomic E-state index is 0.263. The second-order valence-corrected chi connectivity index (χ2v) is 5.46. The molecule has 0 aliphatic heterocycles. The summed E-state index contributed by atoms with van der Waals surface area (Å²) in [6.45, 7) is 5.23. The zero-order chi connectivity index (χ0) is 13.7. The third-order valence-electron chi connectivity index (χ3n) is 3.07. The summed E-state index contributed by atoms with van der Waals surface area (Å²) in [5.41, 5.74) is 1.18. The van der Waals surface area contributed by atoms with E-state index in [2.05, 4.69) is 29.1 Å². The molecule has 4 nitrogen and oxygen atoms in total. The highest BCUT2D eigenvalue weighted by Crippen LogP contribution is 2.20. The average molecular weight is 277 g/mol. The lowest BCUT2D eigenvalue weighted by Crippen LogP contribution is -2.23. The maximum absolute atomic E-state index is 5.14. The minimum Gasteiger partial charge on any atom is -0.481 e. The molecule has 5 heteroatoms. The molecule has 2 heterocycles. The molecule has 2 atom stereocenters. The number of thiazole rings is 1. The Balaban J connectivity index is 1.91. The van der Waals surface area contributed by atoms with E-state index in [1.54, 1.807) is 24.6 Å². The van der Waals surface area contributed by atoms with Gasteiger partial charge in [0.15, 0.2) is 0 Å². The third kappa shape index (κ3) is 3.75. The first kappa shape index (κ1) is 14.0. The van der Waals surface area contributed by atoms with E-state index in [1.165, 1.54) is 10.6 Å². The Bertz CT molecular complexity index is 501. The highest BCUT2D eigenvalue weighted by atomic mass is 32.1. The highest BCUT2D eigenvalue weighted by molar-refractivity contribution is 7.09. The molecule has 0 saturated carbocycles. The van der Waals surface area contributed by atoms with Crippen LogP contribution >= 0.6 is 11.3 Å². The number of hydrogen-bond acceptors (Lipinski definition) is 5. The van der Waals surface area contributed by atoms with Crippen LogP contribution in [-0.2, 0) is 0 Å². The van der Waals surface area contributed by atoms with Gasteiger partial charge in [0.05, 0.1) is 12.1 Å². The Labute approximate surface area is 117 Å². The van der Waals surface area contributed by atoms with Crippen LogP contribution in [0, 0.1) is 0 Å². The Morgan fingerprint density at radius 2 is 2.16 bits per heavy atom. The number of rotatable bonds is 6. The fourth-order valence-corrected chi connectivity index (χ4v) is 2.54. The van der Waals surface area contributed by atoms with Crippen LogP contribution < -0.4 is 10.1 Å². The molecule has 102 valence electrons. The first-order valence-corrected chi connectivity index (χ1v) is 7.21. The summed E-state index contributed by atoms with van der Waals surface area (Å²) in [6.07, 6.45) is 3.63. The van der Waals surface area contributed by atoms with Crippen molar-refractivity contribution < 1.29 is 4.74 Å². The number of methoxy groups -OCH3 is 1. The van der Waals surface area contributed by atoms with Gasteiger partial charge in [-0.25, -0.2) is 9.97 Å². The van der Waals surface area contributed by atoms with Gasteiger partial charge in [0.25, 0.3) is 0 Å². The second-order valence-electron chi connectivity index (χ2n) is 4.53. The molecule has 0 spiro atoms. The van der Waals surface area contributed by atoms with Crippen molar-refractivity contribution in [2.24, 2.45) is 0 Å². The van der Waals surface area contributed by atoms with Crippen molar-refractivity contribution in [1.29, 1.82) is 0 Å². The van der Waals surface area contributed by atoms with Gasteiger partial charge in [-0.15, -0.1) is 11.3 Å². The molecule has 2 aromatic heterocycles. The summed E-state index contributed by atoms with van der Waals surface area (Å²) in [6, 6.07) is 4.24. The molecule has 1 N–H and O–H groups in total. The van der Waals surface area contributed by atoms with Crippen molar-refractivity contribution in [2.75, 3.05) is 13.7 Å². The summed E-state index contributed by atoms with van der Waals surface area (Å²) in [5.74, 6) is 1.07. The molecule has 19 heavy (non-hydrogen) atoms. The Hall–Kier alpha value is -1.46. The van der Waals surface area contributed by atoms with Gasteiger partial charge in [0.2, 0.25) is 5.88 Å². The highest BCUT2D eigenvalue weighted by Gasteiger charge is 2.11. The van der Waals surface area contributed by atoms with E-state index in [1.807, 2.05) is 23.7 Å². The molecule has 0 aromatic carbocycles. The normalized spacial score (nSPS) is 14.1. The summed E-state index contributed by atoms with van der Waals surface area (Å²) in [5, 5.41) is 6.71. The lowest BCUT2D eigenvalue weighted by atomic mass is 10.1. The Morgan fingerprint density at radius 3 is 2.84 bits per heavy atom. The molecule has 0 aliphatic carbocycles. The zero-order valence-corrected chi connectivity index (χ0v) is 12.3. The minimum atomic E-state index is 0.263. The van der Waals surface area contributed by atoms with E-state index < -0.39 is 0 Å². The van der Waals surface area contributed by atoms with Crippen LogP contribution in [0.3, 0.4) is 0 Å². The van der Waals surface area contributed by atoms with Gasteiger partial charge in [-0.05, 0) is 18.6 Å². The van der Waals surface area contributed by atoms with Crippen LogP contribution in [0.2, 0.25) is 0 Å². The van der Waals surface area contributed by atoms with E-state index in [0.29, 0.717) is 11.8 Å². The van der Waals surface area contributed by atoms with Crippen molar-refractivity contribution in [3.63, 3.8) is 0 Å². The smallest absolute Gasteiger partial charge is 0.213 e. The van der Waals surface area contributed by atoms with Gasteiger partial charge in [0, 0.05) is 42.3 Å². The summed E-state index contributed by atoms with van der Waals surface area (Å²) >= 11 is 1.70. The van der Waals surface area contributed by atoms with Crippen LogP contribution in [0.5, 0.6) is 5.88 Å². The number of ether oxygens (including phenoxy) is 1. The van der Waals surface area contributed by atoms with Gasteiger partial charge in [0.1, 0.15) is 0 Å². The maximum Gasteiger partial charge on any atom is 0.213 e. The fourth-order valence-electron chi connectivity index (χ4n) is 1.84. The monoisotopic (exact) mass is 277 g/mol. The summed E-state index contributed by atoms with van der Waals surface area (Å²) < 4.78 is 5.14. The molecular formula is C14H19N3OS. The molecular weight excluding hydrogens is 258 g/mol. The molecule has 2 rings (SSSR count). The van der Waals surface area contributed by atoms with Gasteiger partial charge in [-0.1, -0.05) is 6.92 Å². The Morgan fingerprint density at radius 1 is 1.32 bits per heavy atom. The SMILES string of the molecule is COc1cc([C@@H](C)NC[C@@H](C)c2nccs2)ccn1. The standard InChI is InChI=1S/C14H19N3OS/c1-10(14-16-6-7-19-14)9-17-11(2)12-4-5-15-13(8-12)18-3/h4-8,10-11,17H,9H2,1-3H3/t10-,11-/m1/s1. The van der Waals surface area contributed by atoms with Crippen LogP contribution in [-0.4, -0.2) is 23.6 Å². The third-order valence-corrected chi connectivity index (χ3v) is 4.08. The van der Waals surface area contributed by atoms with Crippen molar-refractivity contribution in [3.05, 3.63) is 40.5 Å². The number of nitrogens with one attached hydrogen (secondary N) is 1. The van der Waals surface area contributed by atoms with E-state index >= 15 is 0 Å². The molecule has 0 fully saturated rings. The van der Waals surface area contributed by atoms with Crippen molar-refractivity contribution >= 4 is 11.3 Å². The molecule has 2 aromatic rings. The fraction of sp³-hybridized carbons (Fsp3) is 0.429. The quantitative estimate of drug-likeness (QED) is 0.881. The Kier molecular flexibility index (Phi) is 4.87. The molecule has 0 radical (unpaired) electrons. The number of hydrogen-bond donors (Lipinski definition) is 1. The van der Waals surface area contributed by atoms with Gasteiger partial charge < -0.3 is 10.1 Å². The lowest BCUT2D eigenvalue weighted by molar-refractivity contribution is 0.396. The van der Waals surface area contributed by atoms with E-state index in [-0.39, 0.29) is 6.04 Å². The summed E-state index contributed by atoms with van der Waals surface area (Å²) in [7, 11) is 1.63. The summed E-state index contributed by atoms with van der Waals surface area (Å²) in [4.78, 5) is 8.46. The first-order chi connectivity index (χ1) is 9.20. The molecule has 0 saturated heterocycles. The van der Waals surface area contributed by atoms with Crippen LogP contribution in [0.4, 0.5) is 0 Å². The van der Waals surface area contributed by atoms with Crippen molar-refractivity contribution in [3.8, 4) is 5.88 Å².